The van der Waals surface area contributed by atoms with Crippen LogP contribution in [0.4, 0.5) is 13.2 Å². The molecule has 2 aromatic rings. The van der Waals surface area contributed by atoms with Gasteiger partial charge in [-0.05, 0) is 31.0 Å². The summed E-state index contributed by atoms with van der Waals surface area (Å²) < 4.78 is 58.0. The molecule has 1 heterocycles. The molecule has 166 valence electrons. The van der Waals surface area contributed by atoms with E-state index in [9.17, 15) is 18.0 Å². The van der Waals surface area contributed by atoms with Crippen molar-refractivity contribution in [3.63, 3.8) is 0 Å². The second-order valence-electron chi connectivity index (χ2n) is 7.16. The maximum absolute atomic E-state index is 13.7. The largest absolute Gasteiger partial charge is 0.496 e. The zero-order chi connectivity index (χ0) is 22.4. The number of ether oxygens (including phenoxy) is 3. The highest BCUT2D eigenvalue weighted by molar-refractivity contribution is 5.66. The van der Waals surface area contributed by atoms with Gasteiger partial charge in [0.2, 0.25) is 0 Å². The van der Waals surface area contributed by atoms with Gasteiger partial charge >= 0.3 is 5.97 Å². The molecule has 2 aromatic carbocycles. The minimum absolute atomic E-state index is 0.0340. The molecule has 0 spiro atoms. The van der Waals surface area contributed by atoms with E-state index in [1.807, 2.05) is 24.3 Å². The fraction of sp³-hybridized carbons (Fsp3) is 0.348. The lowest BCUT2D eigenvalue weighted by Crippen LogP contribution is -2.31. The van der Waals surface area contributed by atoms with Crippen molar-refractivity contribution < 1.29 is 37.3 Å². The van der Waals surface area contributed by atoms with Crippen LogP contribution in [0.2, 0.25) is 0 Å². The van der Waals surface area contributed by atoms with E-state index in [1.54, 1.807) is 12.1 Å². The smallest absolute Gasteiger partial charge is 0.303 e. The van der Waals surface area contributed by atoms with Crippen LogP contribution in [-0.4, -0.2) is 24.8 Å². The number of hydrogen-bond acceptors (Lipinski definition) is 4. The van der Waals surface area contributed by atoms with Crippen molar-refractivity contribution in [3.8, 4) is 5.75 Å². The van der Waals surface area contributed by atoms with E-state index < -0.39 is 35.8 Å². The van der Waals surface area contributed by atoms with E-state index in [2.05, 4.69) is 0 Å². The number of hydrogen-bond donors (Lipinski definition) is 1. The summed E-state index contributed by atoms with van der Waals surface area (Å²) in [4.78, 5) is 10.6. The van der Waals surface area contributed by atoms with Gasteiger partial charge in [0.25, 0.3) is 0 Å². The van der Waals surface area contributed by atoms with Crippen LogP contribution in [0.3, 0.4) is 0 Å². The number of benzene rings is 2. The van der Waals surface area contributed by atoms with Gasteiger partial charge < -0.3 is 19.3 Å². The third-order valence-corrected chi connectivity index (χ3v) is 5.01. The molecule has 1 aliphatic heterocycles. The molecule has 0 saturated carbocycles. The fourth-order valence-electron chi connectivity index (χ4n) is 3.48. The molecule has 31 heavy (non-hydrogen) atoms. The van der Waals surface area contributed by atoms with E-state index in [1.165, 1.54) is 7.11 Å². The maximum Gasteiger partial charge on any atom is 0.303 e. The van der Waals surface area contributed by atoms with Crippen molar-refractivity contribution in [1.29, 1.82) is 0 Å². The minimum Gasteiger partial charge on any atom is -0.496 e. The Hall–Kier alpha value is -2.84. The Labute approximate surface area is 178 Å². The average Bonchev–Trinajstić information content (AvgIpc) is 2.76. The van der Waals surface area contributed by atoms with Crippen molar-refractivity contribution in [2.45, 2.75) is 31.7 Å². The predicted molar refractivity (Wildman–Crippen MR) is 106 cm³/mol. The normalized spacial score (nSPS) is 21.4. The van der Waals surface area contributed by atoms with E-state index in [0.717, 1.165) is 17.7 Å². The van der Waals surface area contributed by atoms with Crippen LogP contribution in [0, 0.1) is 23.4 Å². The van der Waals surface area contributed by atoms with Crippen molar-refractivity contribution in [2.24, 2.45) is 5.92 Å². The van der Waals surface area contributed by atoms with E-state index in [0.29, 0.717) is 18.6 Å². The number of aliphatic carboxylic acids is 1. The predicted octanol–water partition coefficient (Wildman–Crippen LogP) is 5.33. The first-order valence-corrected chi connectivity index (χ1v) is 9.82. The average molecular weight is 436 g/mol. The maximum atomic E-state index is 13.7. The highest BCUT2D eigenvalue weighted by Gasteiger charge is 2.35. The summed E-state index contributed by atoms with van der Waals surface area (Å²) in [7, 11) is 1.53. The molecule has 0 aliphatic carbocycles. The molecule has 1 fully saturated rings. The third kappa shape index (κ3) is 5.65. The first-order valence-electron chi connectivity index (χ1n) is 9.82. The Morgan fingerprint density at radius 3 is 2.58 bits per heavy atom. The summed E-state index contributed by atoms with van der Waals surface area (Å²) in [6.45, 7) is 0.206. The Balaban J connectivity index is 1.84. The van der Waals surface area contributed by atoms with Gasteiger partial charge in [-0.3, -0.25) is 4.79 Å². The van der Waals surface area contributed by atoms with Gasteiger partial charge in [-0.15, -0.1) is 0 Å². The number of para-hydroxylation sites is 1. The highest BCUT2D eigenvalue weighted by atomic mass is 19.2. The van der Waals surface area contributed by atoms with Crippen LogP contribution < -0.4 is 4.74 Å². The third-order valence-electron chi connectivity index (χ3n) is 5.01. The number of carboxylic acid groups (broad SMARTS) is 1. The lowest BCUT2D eigenvalue weighted by Gasteiger charge is -2.37. The Morgan fingerprint density at radius 1 is 1.19 bits per heavy atom. The van der Waals surface area contributed by atoms with Crippen molar-refractivity contribution >= 4 is 5.97 Å². The van der Waals surface area contributed by atoms with Gasteiger partial charge in [-0.1, -0.05) is 30.4 Å². The first-order chi connectivity index (χ1) is 14.9. The van der Waals surface area contributed by atoms with Crippen LogP contribution in [0.1, 0.15) is 42.8 Å². The summed E-state index contributed by atoms with van der Waals surface area (Å²) in [5.41, 5.74) is 0.775. The molecule has 0 bridgehead atoms. The van der Waals surface area contributed by atoms with Crippen LogP contribution in [0.5, 0.6) is 5.75 Å². The van der Waals surface area contributed by atoms with Crippen LogP contribution in [0.15, 0.2) is 48.6 Å². The summed E-state index contributed by atoms with van der Waals surface area (Å²) in [5.74, 6) is -4.64. The molecule has 3 atom stereocenters. The van der Waals surface area contributed by atoms with Gasteiger partial charge in [0.1, 0.15) is 5.75 Å². The molecular weight excluding hydrogens is 413 g/mol. The zero-order valence-electron chi connectivity index (χ0n) is 16.9. The van der Waals surface area contributed by atoms with Crippen LogP contribution in [0.25, 0.3) is 0 Å². The Morgan fingerprint density at radius 2 is 1.90 bits per heavy atom. The molecular formula is C23H23F3O5. The molecule has 1 saturated heterocycles. The SMILES string of the molecule is COc1ccccc1C1O[C@@H](c2cc(F)c(F)c(F)c2)OC[C@H]1C/C=C\CCC(=O)O. The second kappa shape index (κ2) is 10.5. The van der Waals surface area contributed by atoms with Crippen molar-refractivity contribution in [3.05, 3.63) is 77.1 Å². The Kier molecular flexibility index (Phi) is 7.70. The molecule has 8 heteroatoms. The molecule has 0 aromatic heterocycles. The standard InChI is InChI=1S/C23H23F3O5/c1-29-19-9-6-5-8-16(19)22-14(7-3-2-4-10-20(27)28)13-30-23(31-22)15-11-17(24)21(26)18(25)12-15/h2-3,5-6,8-9,11-12,14,22-23H,4,7,10,13H2,1H3,(H,27,28)/b3-2-/t14-,22?,23+/m1/s1. The van der Waals surface area contributed by atoms with E-state index in [4.69, 9.17) is 19.3 Å². The van der Waals surface area contributed by atoms with Gasteiger partial charge in [-0.2, -0.15) is 0 Å². The Bertz CT molecular complexity index is 924. The van der Waals surface area contributed by atoms with Gasteiger partial charge in [0, 0.05) is 23.5 Å². The molecule has 1 N–H and O–H groups in total. The number of allylic oxidation sites excluding steroid dienone is 2. The van der Waals surface area contributed by atoms with Crippen LogP contribution in [-0.2, 0) is 14.3 Å². The first kappa shape index (κ1) is 22.8. The van der Waals surface area contributed by atoms with Gasteiger partial charge in [0.15, 0.2) is 23.7 Å². The summed E-state index contributed by atoms with van der Waals surface area (Å²) in [6.07, 6.45) is 2.99. The molecule has 0 amide bonds. The molecule has 5 nitrogen and oxygen atoms in total. The zero-order valence-corrected chi connectivity index (χ0v) is 16.9. The van der Waals surface area contributed by atoms with Crippen molar-refractivity contribution in [1.82, 2.24) is 0 Å². The molecule has 1 aliphatic rings. The van der Waals surface area contributed by atoms with Crippen LogP contribution >= 0.6 is 0 Å². The van der Waals surface area contributed by atoms with E-state index in [-0.39, 0.29) is 24.5 Å². The van der Waals surface area contributed by atoms with Crippen molar-refractivity contribution in [2.75, 3.05) is 13.7 Å². The summed E-state index contributed by atoms with van der Waals surface area (Å²) in [6, 6.07) is 8.95. The number of halogens is 3. The molecule has 0 radical (unpaired) electrons. The number of carboxylic acids is 1. The fourth-order valence-corrected chi connectivity index (χ4v) is 3.48. The summed E-state index contributed by atoms with van der Waals surface area (Å²) >= 11 is 0. The number of carbonyl (C=O) groups is 1. The highest BCUT2D eigenvalue weighted by Crippen LogP contribution is 2.43. The lowest BCUT2D eigenvalue weighted by atomic mass is 9.91. The monoisotopic (exact) mass is 436 g/mol. The molecule has 3 rings (SSSR count). The molecule has 1 unspecified atom stereocenters. The number of methoxy groups -OCH3 is 1. The van der Waals surface area contributed by atoms with Gasteiger partial charge in [-0.25, -0.2) is 13.2 Å². The van der Waals surface area contributed by atoms with Gasteiger partial charge in [0.05, 0.1) is 19.8 Å². The second-order valence-corrected chi connectivity index (χ2v) is 7.16. The van der Waals surface area contributed by atoms with E-state index >= 15 is 0 Å². The lowest BCUT2D eigenvalue weighted by molar-refractivity contribution is -0.244. The quantitative estimate of drug-likeness (QED) is 0.448. The number of rotatable bonds is 8. The minimum atomic E-state index is -1.55. The summed E-state index contributed by atoms with van der Waals surface area (Å²) in [5, 5.41) is 8.74. The topological polar surface area (TPSA) is 65.0 Å².